The fraction of sp³-hybridized carbons (Fsp3) is 0. The van der Waals surface area contributed by atoms with Crippen LogP contribution in [0.15, 0.2) is 42.5 Å². The van der Waals surface area contributed by atoms with Gasteiger partial charge in [-0.2, -0.15) is 0 Å². The van der Waals surface area contributed by atoms with Gasteiger partial charge >= 0.3 is 0 Å². The molecule has 18 heavy (non-hydrogen) atoms. The van der Waals surface area contributed by atoms with Crippen molar-refractivity contribution in [3.63, 3.8) is 0 Å². The minimum atomic E-state index is -0.768. The average molecular weight is 357 g/mol. The van der Waals surface area contributed by atoms with Crippen molar-refractivity contribution in [3.05, 3.63) is 57.4 Å². The van der Waals surface area contributed by atoms with Crippen molar-refractivity contribution in [2.45, 2.75) is 0 Å². The summed E-state index contributed by atoms with van der Waals surface area (Å²) in [6.07, 6.45) is 0. The van der Waals surface area contributed by atoms with E-state index in [1.54, 1.807) is 18.2 Å². The van der Waals surface area contributed by atoms with Crippen molar-refractivity contribution >= 4 is 34.2 Å². The molecular formula is C13H9FINO2. The Balaban J connectivity index is 2.18. The van der Waals surface area contributed by atoms with Gasteiger partial charge in [-0.25, -0.2) is 4.39 Å². The summed E-state index contributed by atoms with van der Waals surface area (Å²) in [5.41, 5.74) is 0.796. The molecule has 0 radical (unpaired) electrons. The lowest BCUT2D eigenvalue weighted by Gasteiger charge is -2.06. The number of hydrogen-bond acceptors (Lipinski definition) is 2. The van der Waals surface area contributed by atoms with Crippen LogP contribution in [-0.4, -0.2) is 11.0 Å². The Morgan fingerprint density at radius 3 is 2.67 bits per heavy atom. The van der Waals surface area contributed by atoms with E-state index in [0.717, 1.165) is 9.64 Å². The quantitative estimate of drug-likeness (QED) is 0.640. The maximum Gasteiger partial charge on any atom is 0.255 e. The van der Waals surface area contributed by atoms with Gasteiger partial charge in [0.15, 0.2) is 11.6 Å². The van der Waals surface area contributed by atoms with Gasteiger partial charge in [-0.15, -0.1) is 0 Å². The zero-order chi connectivity index (χ0) is 13.1. The van der Waals surface area contributed by atoms with Gasteiger partial charge in [0, 0.05) is 20.9 Å². The van der Waals surface area contributed by atoms with E-state index >= 15 is 0 Å². The molecule has 0 bridgehead atoms. The first-order chi connectivity index (χ1) is 8.56. The van der Waals surface area contributed by atoms with Crippen LogP contribution in [0.4, 0.5) is 10.1 Å². The van der Waals surface area contributed by atoms with E-state index in [2.05, 4.69) is 27.9 Å². The fourth-order valence-corrected chi connectivity index (χ4v) is 1.96. The number of halogens is 2. The molecule has 3 nitrogen and oxygen atoms in total. The molecule has 1 amide bonds. The van der Waals surface area contributed by atoms with Gasteiger partial charge in [-0.05, 0) is 52.9 Å². The second kappa shape index (κ2) is 5.34. The van der Waals surface area contributed by atoms with E-state index in [-0.39, 0.29) is 5.91 Å². The Morgan fingerprint density at radius 2 is 2.00 bits per heavy atom. The van der Waals surface area contributed by atoms with E-state index < -0.39 is 11.6 Å². The van der Waals surface area contributed by atoms with Gasteiger partial charge in [0.05, 0.1) is 0 Å². The second-order valence-corrected chi connectivity index (χ2v) is 4.88. The lowest BCUT2D eigenvalue weighted by Crippen LogP contribution is -2.12. The van der Waals surface area contributed by atoms with E-state index in [1.807, 2.05) is 6.07 Å². The van der Waals surface area contributed by atoms with Crippen LogP contribution in [0.1, 0.15) is 10.4 Å². The van der Waals surface area contributed by atoms with E-state index in [9.17, 15) is 9.18 Å². The Bertz CT molecular complexity index is 601. The minimum absolute atomic E-state index is 0.300. The van der Waals surface area contributed by atoms with E-state index in [1.165, 1.54) is 12.1 Å². The van der Waals surface area contributed by atoms with Gasteiger partial charge in [0.25, 0.3) is 5.91 Å². The van der Waals surface area contributed by atoms with Gasteiger partial charge in [0.2, 0.25) is 0 Å². The molecule has 2 aromatic rings. The number of carbonyl (C=O) groups is 1. The Labute approximate surface area is 117 Å². The highest BCUT2D eigenvalue weighted by Gasteiger charge is 2.08. The Hall–Kier alpha value is -1.63. The Kier molecular flexibility index (Phi) is 3.81. The molecule has 0 atom stereocenters. The second-order valence-electron chi connectivity index (χ2n) is 3.63. The third-order valence-electron chi connectivity index (χ3n) is 2.29. The largest absolute Gasteiger partial charge is 0.505 e. The zero-order valence-electron chi connectivity index (χ0n) is 9.15. The number of nitrogens with one attached hydrogen (secondary N) is 1. The molecule has 0 aromatic heterocycles. The normalized spacial score (nSPS) is 10.1. The molecule has 2 rings (SSSR count). The van der Waals surface area contributed by atoms with Gasteiger partial charge in [0.1, 0.15) is 0 Å². The first kappa shape index (κ1) is 12.8. The monoisotopic (exact) mass is 357 g/mol. The molecule has 0 fully saturated rings. The Morgan fingerprint density at radius 1 is 1.22 bits per heavy atom. The summed E-state index contributed by atoms with van der Waals surface area (Å²) in [7, 11) is 0. The molecule has 0 aliphatic carbocycles. The van der Waals surface area contributed by atoms with Gasteiger partial charge < -0.3 is 10.4 Å². The summed E-state index contributed by atoms with van der Waals surface area (Å²) < 4.78 is 14.0. The highest BCUT2D eigenvalue weighted by molar-refractivity contribution is 14.1. The predicted octanol–water partition coefficient (Wildman–Crippen LogP) is 3.39. The highest BCUT2D eigenvalue weighted by Crippen LogP contribution is 2.20. The number of phenols is 1. The van der Waals surface area contributed by atoms with Crippen LogP contribution in [-0.2, 0) is 0 Å². The smallest absolute Gasteiger partial charge is 0.255 e. The molecule has 0 aliphatic rings. The maximum absolute atomic E-state index is 13.1. The molecule has 0 unspecified atom stereocenters. The van der Waals surface area contributed by atoms with Crippen molar-refractivity contribution in [2.75, 3.05) is 5.32 Å². The van der Waals surface area contributed by atoms with Crippen LogP contribution in [0.3, 0.4) is 0 Å². The molecule has 0 saturated carbocycles. The zero-order valence-corrected chi connectivity index (χ0v) is 11.3. The summed E-state index contributed by atoms with van der Waals surface area (Å²) in [6.45, 7) is 0. The minimum Gasteiger partial charge on any atom is -0.505 e. The molecule has 2 aromatic carbocycles. The topological polar surface area (TPSA) is 49.3 Å². The predicted molar refractivity (Wildman–Crippen MR) is 75.2 cm³/mol. The lowest BCUT2D eigenvalue weighted by atomic mass is 10.2. The molecule has 0 heterocycles. The molecule has 5 heteroatoms. The number of amides is 1. The van der Waals surface area contributed by atoms with Crippen LogP contribution in [0, 0.1) is 9.39 Å². The van der Waals surface area contributed by atoms with E-state index in [4.69, 9.17) is 5.11 Å². The molecule has 92 valence electrons. The maximum atomic E-state index is 13.1. The van der Waals surface area contributed by atoms with Crippen molar-refractivity contribution in [1.82, 2.24) is 0 Å². The first-order valence-corrected chi connectivity index (χ1v) is 6.19. The summed E-state index contributed by atoms with van der Waals surface area (Å²) in [5, 5.41) is 11.6. The van der Waals surface area contributed by atoms with Crippen LogP contribution < -0.4 is 5.32 Å². The van der Waals surface area contributed by atoms with Crippen LogP contribution in [0.2, 0.25) is 0 Å². The molecular weight excluding hydrogens is 348 g/mol. The number of benzene rings is 2. The van der Waals surface area contributed by atoms with Crippen molar-refractivity contribution < 1.29 is 14.3 Å². The van der Waals surface area contributed by atoms with Crippen LogP contribution >= 0.6 is 22.6 Å². The summed E-state index contributed by atoms with van der Waals surface area (Å²) in [4.78, 5) is 11.9. The molecule has 0 aliphatic heterocycles. The molecule has 0 saturated heterocycles. The molecule has 0 spiro atoms. The van der Waals surface area contributed by atoms with Gasteiger partial charge in [-0.1, -0.05) is 6.07 Å². The van der Waals surface area contributed by atoms with Crippen LogP contribution in [0.25, 0.3) is 0 Å². The first-order valence-electron chi connectivity index (χ1n) is 5.12. The highest BCUT2D eigenvalue weighted by atomic mass is 127. The summed E-state index contributed by atoms with van der Waals surface area (Å²) in [6, 6.07) is 10.7. The van der Waals surface area contributed by atoms with Crippen LogP contribution in [0.5, 0.6) is 5.75 Å². The average Bonchev–Trinajstić information content (AvgIpc) is 2.34. The lowest BCUT2D eigenvalue weighted by molar-refractivity contribution is 0.102. The summed E-state index contributed by atoms with van der Waals surface area (Å²) in [5.74, 6) is -1.53. The molecule has 2 N–H and O–H groups in total. The van der Waals surface area contributed by atoms with Gasteiger partial charge in [-0.3, -0.25) is 4.79 Å². The van der Waals surface area contributed by atoms with Crippen molar-refractivity contribution in [2.24, 2.45) is 0 Å². The number of aromatic hydroxyl groups is 1. The third-order valence-corrected chi connectivity index (χ3v) is 2.96. The number of phenolic OH excluding ortho intramolecular Hbond substituents is 1. The number of anilines is 1. The SMILES string of the molecule is O=C(Nc1ccc(O)c(F)c1)c1cccc(I)c1. The number of rotatable bonds is 2. The fourth-order valence-electron chi connectivity index (χ4n) is 1.42. The number of hydrogen-bond donors (Lipinski definition) is 2. The van der Waals surface area contributed by atoms with E-state index in [0.29, 0.717) is 11.3 Å². The third kappa shape index (κ3) is 2.98. The van der Waals surface area contributed by atoms with Crippen molar-refractivity contribution in [1.29, 1.82) is 0 Å². The van der Waals surface area contributed by atoms with Crippen molar-refractivity contribution in [3.8, 4) is 5.75 Å². The summed E-state index contributed by atoms with van der Waals surface area (Å²) >= 11 is 2.11. The number of carbonyl (C=O) groups excluding carboxylic acids is 1. The standard InChI is InChI=1S/C13H9FINO2/c14-11-7-10(4-5-12(11)17)16-13(18)8-2-1-3-9(15)6-8/h1-7,17H,(H,16,18).